The van der Waals surface area contributed by atoms with Gasteiger partial charge >= 0.3 is 0 Å². The molecule has 1 heterocycles. The number of aryl methyl sites for hydroxylation is 1. The van der Waals surface area contributed by atoms with Gasteiger partial charge in [-0.15, -0.1) is 0 Å². The minimum atomic E-state index is -0.490. The monoisotopic (exact) mass is 317 g/mol. The molecule has 3 amide bonds. The molecule has 1 aromatic rings. The van der Waals surface area contributed by atoms with E-state index in [-0.39, 0.29) is 24.8 Å². The van der Waals surface area contributed by atoms with Crippen LogP contribution in [0.4, 0.5) is 0 Å². The first-order chi connectivity index (χ1) is 11.1. The van der Waals surface area contributed by atoms with Gasteiger partial charge in [0.15, 0.2) is 0 Å². The minimum absolute atomic E-state index is 0.0745. The summed E-state index contributed by atoms with van der Waals surface area (Å²) in [6.45, 7) is 0.850. The fourth-order valence-corrected chi connectivity index (χ4v) is 2.80. The maximum absolute atomic E-state index is 12.1. The van der Waals surface area contributed by atoms with Crippen LogP contribution in [0, 0.1) is 0 Å². The van der Waals surface area contributed by atoms with Gasteiger partial charge in [-0.1, -0.05) is 30.3 Å². The van der Waals surface area contributed by atoms with Crippen LogP contribution < -0.4 is 11.1 Å². The number of likely N-dealkylation sites (tertiary alicyclic amines) is 1. The van der Waals surface area contributed by atoms with Crippen molar-refractivity contribution < 1.29 is 14.4 Å². The van der Waals surface area contributed by atoms with Crippen molar-refractivity contribution in [3.05, 3.63) is 35.9 Å². The van der Waals surface area contributed by atoms with E-state index in [0.29, 0.717) is 25.8 Å². The van der Waals surface area contributed by atoms with Crippen LogP contribution in [0.3, 0.4) is 0 Å². The number of rotatable bonds is 7. The molecule has 0 aliphatic carbocycles. The van der Waals surface area contributed by atoms with Gasteiger partial charge in [-0.25, -0.2) is 0 Å². The highest BCUT2D eigenvalue weighted by Crippen LogP contribution is 2.17. The largest absolute Gasteiger partial charge is 0.368 e. The predicted octanol–water partition coefficient (Wildman–Crippen LogP) is 0.602. The Morgan fingerprint density at radius 2 is 1.91 bits per heavy atom. The summed E-state index contributed by atoms with van der Waals surface area (Å²) in [7, 11) is 0. The Morgan fingerprint density at radius 1 is 1.17 bits per heavy atom. The molecule has 1 saturated heterocycles. The smallest absolute Gasteiger partial charge is 0.240 e. The third-order valence-corrected chi connectivity index (χ3v) is 4.05. The number of hydrogen-bond acceptors (Lipinski definition) is 3. The molecule has 0 radical (unpaired) electrons. The molecular weight excluding hydrogens is 294 g/mol. The van der Waals surface area contributed by atoms with Crippen LogP contribution in [0.1, 0.15) is 31.2 Å². The zero-order valence-electron chi connectivity index (χ0n) is 13.2. The van der Waals surface area contributed by atoms with Gasteiger partial charge in [-0.3, -0.25) is 14.4 Å². The first-order valence-electron chi connectivity index (χ1n) is 7.97. The van der Waals surface area contributed by atoms with E-state index in [0.717, 1.165) is 12.0 Å². The van der Waals surface area contributed by atoms with Crippen molar-refractivity contribution in [3.63, 3.8) is 0 Å². The molecule has 23 heavy (non-hydrogen) atoms. The SMILES string of the molecule is NC(=O)C1CCCN1C(=O)CCNC(=O)CCc1ccccc1. The van der Waals surface area contributed by atoms with E-state index in [9.17, 15) is 14.4 Å². The summed E-state index contributed by atoms with van der Waals surface area (Å²) in [5.41, 5.74) is 6.41. The molecule has 1 aliphatic heterocycles. The lowest BCUT2D eigenvalue weighted by molar-refractivity contribution is -0.137. The first-order valence-corrected chi connectivity index (χ1v) is 7.97. The summed E-state index contributed by atoms with van der Waals surface area (Å²) in [6, 6.07) is 9.29. The molecule has 1 atom stereocenters. The molecule has 2 rings (SSSR count). The van der Waals surface area contributed by atoms with Crippen LogP contribution in [0.25, 0.3) is 0 Å². The standard InChI is InChI=1S/C17H23N3O3/c18-17(23)14-7-4-12-20(14)16(22)10-11-19-15(21)9-8-13-5-2-1-3-6-13/h1-3,5-6,14H,4,7-12H2,(H2,18,23)(H,19,21). The molecule has 3 N–H and O–H groups in total. The number of carbonyl (C=O) groups excluding carboxylic acids is 3. The highest BCUT2D eigenvalue weighted by atomic mass is 16.2. The van der Waals surface area contributed by atoms with Gasteiger partial charge in [-0.05, 0) is 24.8 Å². The highest BCUT2D eigenvalue weighted by Gasteiger charge is 2.32. The van der Waals surface area contributed by atoms with Crippen LogP contribution in [0.15, 0.2) is 30.3 Å². The normalized spacial score (nSPS) is 17.0. The Bertz CT molecular complexity index is 559. The molecule has 1 aromatic carbocycles. The van der Waals surface area contributed by atoms with E-state index in [2.05, 4.69) is 5.32 Å². The maximum atomic E-state index is 12.1. The Morgan fingerprint density at radius 3 is 2.61 bits per heavy atom. The number of hydrogen-bond donors (Lipinski definition) is 2. The Balaban J connectivity index is 1.67. The van der Waals surface area contributed by atoms with Gasteiger partial charge in [-0.2, -0.15) is 0 Å². The summed E-state index contributed by atoms with van der Waals surface area (Å²) in [6.07, 6.45) is 2.69. The molecule has 6 heteroatoms. The van der Waals surface area contributed by atoms with E-state index in [1.165, 1.54) is 4.90 Å². The minimum Gasteiger partial charge on any atom is -0.368 e. The van der Waals surface area contributed by atoms with Crippen molar-refractivity contribution in [2.24, 2.45) is 5.73 Å². The summed E-state index contributed by atoms with van der Waals surface area (Å²) >= 11 is 0. The molecule has 1 unspecified atom stereocenters. The average Bonchev–Trinajstić information content (AvgIpc) is 3.04. The van der Waals surface area contributed by atoms with E-state index in [1.54, 1.807) is 0 Å². The second kappa shape index (κ2) is 8.31. The molecular formula is C17H23N3O3. The van der Waals surface area contributed by atoms with Crippen molar-refractivity contribution in [1.82, 2.24) is 10.2 Å². The van der Waals surface area contributed by atoms with Crippen molar-refractivity contribution in [2.75, 3.05) is 13.1 Å². The third-order valence-electron chi connectivity index (χ3n) is 4.05. The number of carbonyl (C=O) groups is 3. The van der Waals surface area contributed by atoms with Gasteiger partial charge in [0.1, 0.15) is 6.04 Å². The molecule has 0 spiro atoms. The van der Waals surface area contributed by atoms with Crippen molar-refractivity contribution in [2.45, 2.75) is 38.1 Å². The molecule has 6 nitrogen and oxygen atoms in total. The fraction of sp³-hybridized carbons (Fsp3) is 0.471. The van der Waals surface area contributed by atoms with E-state index in [1.807, 2.05) is 30.3 Å². The molecule has 1 aliphatic rings. The average molecular weight is 317 g/mol. The third kappa shape index (κ3) is 5.09. The van der Waals surface area contributed by atoms with Crippen molar-refractivity contribution in [3.8, 4) is 0 Å². The van der Waals surface area contributed by atoms with Gasteiger partial charge in [0.05, 0.1) is 0 Å². The topological polar surface area (TPSA) is 92.5 Å². The van der Waals surface area contributed by atoms with Crippen LogP contribution in [-0.4, -0.2) is 41.8 Å². The maximum Gasteiger partial charge on any atom is 0.240 e. The van der Waals surface area contributed by atoms with Crippen LogP contribution in [-0.2, 0) is 20.8 Å². The highest BCUT2D eigenvalue weighted by molar-refractivity contribution is 5.87. The second-order valence-corrected chi connectivity index (χ2v) is 5.73. The van der Waals surface area contributed by atoms with Crippen LogP contribution in [0.2, 0.25) is 0 Å². The summed E-state index contributed by atoms with van der Waals surface area (Å²) in [4.78, 5) is 36.7. The lowest BCUT2D eigenvalue weighted by Gasteiger charge is -2.22. The Kier molecular flexibility index (Phi) is 6.14. The number of benzene rings is 1. The van der Waals surface area contributed by atoms with Gasteiger partial charge in [0.25, 0.3) is 0 Å². The summed E-state index contributed by atoms with van der Waals surface area (Å²) in [5, 5.41) is 2.75. The molecule has 1 fully saturated rings. The quantitative estimate of drug-likeness (QED) is 0.771. The summed E-state index contributed by atoms with van der Waals surface area (Å²) < 4.78 is 0. The number of nitrogens with one attached hydrogen (secondary N) is 1. The van der Waals surface area contributed by atoms with Crippen LogP contribution >= 0.6 is 0 Å². The van der Waals surface area contributed by atoms with Gasteiger partial charge in [0, 0.05) is 25.9 Å². The lowest BCUT2D eigenvalue weighted by atomic mass is 10.1. The molecule has 0 saturated carbocycles. The Labute approximate surface area is 136 Å². The fourth-order valence-electron chi connectivity index (χ4n) is 2.80. The van der Waals surface area contributed by atoms with Crippen molar-refractivity contribution in [1.29, 1.82) is 0 Å². The van der Waals surface area contributed by atoms with Crippen LogP contribution in [0.5, 0.6) is 0 Å². The molecule has 124 valence electrons. The lowest BCUT2D eigenvalue weighted by Crippen LogP contribution is -2.44. The van der Waals surface area contributed by atoms with Crippen molar-refractivity contribution >= 4 is 17.7 Å². The number of amides is 3. The van der Waals surface area contributed by atoms with Gasteiger partial charge in [0.2, 0.25) is 17.7 Å². The number of nitrogens with two attached hydrogens (primary N) is 1. The number of primary amides is 1. The Hall–Kier alpha value is -2.37. The number of nitrogens with zero attached hydrogens (tertiary/aromatic N) is 1. The summed E-state index contributed by atoms with van der Waals surface area (Å²) in [5.74, 6) is -0.660. The second-order valence-electron chi connectivity index (χ2n) is 5.73. The van der Waals surface area contributed by atoms with E-state index < -0.39 is 11.9 Å². The van der Waals surface area contributed by atoms with E-state index in [4.69, 9.17) is 5.73 Å². The first kappa shape index (κ1) is 17.0. The molecule has 0 bridgehead atoms. The predicted molar refractivity (Wildman–Crippen MR) is 86.3 cm³/mol. The zero-order valence-corrected chi connectivity index (χ0v) is 13.2. The van der Waals surface area contributed by atoms with Gasteiger partial charge < -0.3 is 16.0 Å². The molecule has 0 aromatic heterocycles. The zero-order chi connectivity index (χ0) is 16.7. The van der Waals surface area contributed by atoms with E-state index >= 15 is 0 Å².